The molecule has 0 rings (SSSR count). The molecule has 0 spiro atoms. The van der Waals surface area contributed by atoms with Crippen LogP contribution in [-0.4, -0.2) is 27.7 Å². The Bertz CT molecular complexity index is 30.0. The minimum absolute atomic E-state index is 0. The van der Waals surface area contributed by atoms with Crippen LogP contribution in [0.3, 0.4) is 0 Å². The third-order valence-electron chi connectivity index (χ3n) is 1.73. The van der Waals surface area contributed by atoms with E-state index in [9.17, 15) is 0 Å². The Hall–Kier alpha value is 0.814. The molecule has 0 aliphatic carbocycles. The second-order valence-electron chi connectivity index (χ2n) is 2.09. The van der Waals surface area contributed by atoms with Gasteiger partial charge in [-0.25, -0.2) is 0 Å². The summed E-state index contributed by atoms with van der Waals surface area (Å²) in [5.41, 5.74) is 0. The van der Waals surface area contributed by atoms with Crippen LogP contribution in [0.1, 0.15) is 20.8 Å². The van der Waals surface area contributed by atoms with Crippen molar-refractivity contribution in [1.29, 1.82) is 0 Å². The predicted molar refractivity (Wildman–Crippen MR) is 45.7 cm³/mol. The average Bonchev–Trinajstić information content (AvgIpc) is 1.72. The summed E-state index contributed by atoms with van der Waals surface area (Å²) in [6, 6.07) is 4.48. The third kappa shape index (κ3) is 4.96. The second-order valence-corrected chi connectivity index (χ2v) is 6.27. The molecule has 0 nitrogen and oxygen atoms in total. The van der Waals surface area contributed by atoms with Crippen LogP contribution >= 0.6 is 0 Å². The molecule has 0 bridgehead atoms. The molecule has 2 heteroatoms. The van der Waals surface area contributed by atoms with E-state index in [1.807, 2.05) is 0 Å². The Labute approximate surface area is 66.8 Å². The van der Waals surface area contributed by atoms with Gasteiger partial charge in [-0.15, -0.1) is 0 Å². The van der Waals surface area contributed by atoms with E-state index in [4.69, 9.17) is 0 Å². The summed E-state index contributed by atoms with van der Waals surface area (Å²) in [5.74, 6) is 0. The zero-order chi connectivity index (χ0) is 5.70. The predicted octanol–water partition coefficient (Wildman–Crippen LogP) is 1.62. The van der Waals surface area contributed by atoms with Gasteiger partial charge >= 0.3 is 18.9 Å². The molecule has 0 aromatic heterocycles. The van der Waals surface area contributed by atoms with Crippen molar-refractivity contribution in [3.05, 3.63) is 0 Å². The summed E-state index contributed by atoms with van der Waals surface area (Å²) in [4.78, 5) is 0. The Morgan fingerprint density at radius 2 is 1.12 bits per heavy atom. The van der Waals surface area contributed by atoms with E-state index in [2.05, 4.69) is 20.8 Å². The van der Waals surface area contributed by atoms with Gasteiger partial charge in [0.2, 0.25) is 0 Å². The molecule has 46 valence electrons. The number of hydrogen-bond donors (Lipinski definition) is 0. The van der Waals surface area contributed by atoms with E-state index in [1.165, 1.54) is 18.1 Å². The Kier molecular flexibility index (Phi) is 11.3. The maximum absolute atomic E-state index is 2.32. The Morgan fingerprint density at radius 3 is 1.12 bits per heavy atom. The van der Waals surface area contributed by atoms with Crippen molar-refractivity contribution in [2.45, 2.75) is 38.9 Å². The molecule has 8 heavy (non-hydrogen) atoms. The van der Waals surface area contributed by atoms with Crippen LogP contribution in [0.5, 0.6) is 0 Å². The zero-order valence-corrected chi connectivity index (χ0v) is 6.85. The summed E-state index contributed by atoms with van der Waals surface area (Å²) >= 11 is 0. The van der Waals surface area contributed by atoms with E-state index in [1.54, 1.807) is 0 Å². The fourth-order valence-corrected chi connectivity index (χ4v) is 2.60. The van der Waals surface area contributed by atoms with Gasteiger partial charge < -0.3 is 0 Å². The molecular formula is C6H17LiSi. The Morgan fingerprint density at radius 1 is 0.875 bits per heavy atom. The fraction of sp³-hybridized carbons (Fsp3) is 1.00. The molecule has 0 unspecified atom stereocenters. The van der Waals surface area contributed by atoms with Gasteiger partial charge in [-0.2, -0.15) is 0 Å². The molecule has 0 aliphatic rings. The normalized spacial score (nSPS) is 9.00. The molecule has 0 fully saturated rings. The summed E-state index contributed by atoms with van der Waals surface area (Å²) in [5, 5.41) is 0. The topological polar surface area (TPSA) is 0 Å². The van der Waals surface area contributed by atoms with Crippen LogP contribution in [0.25, 0.3) is 0 Å². The summed E-state index contributed by atoms with van der Waals surface area (Å²) < 4.78 is 0. The van der Waals surface area contributed by atoms with Crippen LogP contribution in [-0.2, 0) is 0 Å². The first-order valence-corrected chi connectivity index (χ1v) is 5.80. The standard InChI is InChI=1S/C6H16Si.Li.H/c1-4-7(5-2)6-3;;/h7H,4-6H2,1-3H3;;. The van der Waals surface area contributed by atoms with Crippen molar-refractivity contribution in [3.8, 4) is 0 Å². The molecule has 0 aliphatic heterocycles. The molecule has 0 aromatic carbocycles. The maximum atomic E-state index is 2.32. The molecule has 0 N–H and O–H groups in total. The third-order valence-corrected chi connectivity index (χ3v) is 5.20. The van der Waals surface area contributed by atoms with Gasteiger partial charge in [-0.3, -0.25) is 0 Å². The first kappa shape index (κ1) is 11.6. The number of rotatable bonds is 3. The molecule has 0 amide bonds. The van der Waals surface area contributed by atoms with Gasteiger partial charge in [-0.1, -0.05) is 38.9 Å². The van der Waals surface area contributed by atoms with Gasteiger partial charge in [0.05, 0.1) is 0 Å². The Balaban J connectivity index is 0. The second kappa shape index (κ2) is 7.81. The van der Waals surface area contributed by atoms with E-state index >= 15 is 0 Å². The van der Waals surface area contributed by atoms with E-state index in [0.717, 1.165) is 0 Å². The van der Waals surface area contributed by atoms with Crippen molar-refractivity contribution in [1.82, 2.24) is 0 Å². The molecule has 0 saturated carbocycles. The van der Waals surface area contributed by atoms with E-state index in [-0.39, 0.29) is 27.7 Å². The van der Waals surface area contributed by atoms with Crippen molar-refractivity contribution in [2.24, 2.45) is 0 Å². The van der Waals surface area contributed by atoms with Gasteiger partial charge in [0.1, 0.15) is 0 Å². The molecular weight excluding hydrogens is 107 g/mol. The number of hydrogen-bond acceptors (Lipinski definition) is 0. The van der Waals surface area contributed by atoms with Gasteiger partial charge in [-0.05, 0) is 0 Å². The van der Waals surface area contributed by atoms with Gasteiger partial charge in [0, 0.05) is 8.80 Å². The van der Waals surface area contributed by atoms with Crippen LogP contribution in [0.4, 0.5) is 0 Å². The van der Waals surface area contributed by atoms with Crippen LogP contribution in [0.2, 0.25) is 18.1 Å². The summed E-state index contributed by atoms with van der Waals surface area (Å²) in [6.07, 6.45) is 0. The van der Waals surface area contributed by atoms with Crippen LogP contribution in [0.15, 0.2) is 0 Å². The quantitative estimate of drug-likeness (QED) is 0.502. The van der Waals surface area contributed by atoms with E-state index in [0.29, 0.717) is 0 Å². The molecule has 0 aromatic rings. The summed E-state index contributed by atoms with van der Waals surface area (Å²) in [6.45, 7) is 6.97. The van der Waals surface area contributed by atoms with E-state index < -0.39 is 0 Å². The van der Waals surface area contributed by atoms with Gasteiger partial charge in [0.25, 0.3) is 0 Å². The summed E-state index contributed by atoms with van der Waals surface area (Å²) in [7, 11) is -0.171. The van der Waals surface area contributed by atoms with Crippen molar-refractivity contribution in [2.75, 3.05) is 0 Å². The molecule has 0 heterocycles. The van der Waals surface area contributed by atoms with Gasteiger partial charge in [0.15, 0.2) is 0 Å². The fourth-order valence-electron chi connectivity index (χ4n) is 0.866. The van der Waals surface area contributed by atoms with Crippen LogP contribution < -0.4 is 0 Å². The average molecular weight is 124 g/mol. The zero-order valence-electron chi connectivity index (χ0n) is 5.70. The first-order chi connectivity index (χ1) is 3.35. The van der Waals surface area contributed by atoms with Crippen molar-refractivity contribution >= 4 is 27.7 Å². The van der Waals surface area contributed by atoms with Crippen molar-refractivity contribution < 1.29 is 0 Å². The SMILES string of the molecule is CC[SiH](CC)CC.[LiH]. The molecule has 0 saturated heterocycles. The van der Waals surface area contributed by atoms with Crippen LogP contribution in [0, 0.1) is 0 Å². The monoisotopic (exact) mass is 124 g/mol. The molecule has 0 radical (unpaired) electrons. The molecule has 0 atom stereocenters. The first-order valence-electron chi connectivity index (χ1n) is 3.35. The minimum atomic E-state index is -0.171. The van der Waals surface area contributed by atoms with Crippen molar-refractivity contribution in [3.63, 3.8) is 0 Å².